The highest BCUT2D eigenvalue weighted by Gasteiger charge is 2.50. The van der Waals surface area contributed by atoms with Gasteiger partial charge in [-0.25, -0.2) is 9.97 Å². The SMILES string of the molecule is CO[C@H]1O[C@H](COCc2cccc(CO[C@H]3[C@@H](OCc4ccccc4)[C@H](OCc4ccccc4)[C@@H](COCc4ccccc4)O[C@@H]3Sc3ncccn3)c2)[C@@H](O)[C@H](OCc2ccccc2)[C@H]1OCc1ccccc1. The summed E-state index contributed by atoms with van der Waals surface area (Å²) in [7, 11) is 1.56. The zero-order valence-corrected chi connectivity index (χ0v) is 42.3. The highest BCUT2D eigenvalue weighted by Crippen LogP contribution is 2.38. The van der Waals surface area contributed by atoms with Crippen molar-refractivity contribution in [1.82, 2.24) is 9.97 Å². The molecule has 0 aliphatic carbocycles. The second-order valence-corrected chi connectivity index (χ2v) is 19.2. The Morgan fingerprint density at radius 3 is 1.35 bits per heavy atom. The molecule has 386 valence electrons. The van der Waals surface area contributed by atoms with Crippen LogP contribution in [-0.4, -0.2) is 96.0 Å². The summed E-state index contributed by atoms with van der Waals surface area (Å²) >= 11 is 1.38. The Kier molecular flexibility index (Phi) is 20.3. The van der Waals surface area contributed by atoms with Crippen LogP contribution in [0.1, 0.15) is 38.9 Å². The molecule has 1 N–H and O–H groups in total. The van der Waals surface area contributed by atoms with Crippen LogP contribution in [0.2, 0.25) is 0 Å². The van der Waals surface area contributed by atoms with E-state index in [2.05, 4.69) is 9.97 Å². The van der Waals surface area contributed by atoms with Gasteiger partial charge in [0.15, 0.2) is 11.4 Å². The first-order valence-electron chi connectivity index (χ1n) is 25.0. The third kappa shape index (κ3) is 15.4. The second kappa shape index (κ2) is 28.3. The fraction of sp³-hybridized carbons (Fsp3) is 0.333. The molecule has 0 spiro atoms. The number of aliphatic hydroxyl groups excluding tert-OH is 1. The van der Waals surface area contributed by atoms with E-state index in [1.807, 2.05) is 176 Å². The lowest BCUT2D eigenvalue weighted by Gasteiger charge is -2.45. The predicted octanol–water partition coefficient (Wildman–Crippen LogP) is 9.69. The first kappa shape index (κ1) is 53.1. The Labute approximate surface area is 438 Å². The Morgan fingerprint density at radius 2 is 0.824 bits per heavy atom. The molecule has 2 aliphatic rings. The second-order valence-electron chi connectivity index (χ2n) is 18.1. The summed E-state index contributed by atoms with van der Waals surface area (Å²) < 4.78 is 65.5. The average molecular weight is 1020 g/mol. The van der Waals surface area contributed by atoms with E-state index in [4.69, 9.17) is 47.4 Å². The van der Waals surface area contributed by atoms with E-state index in [0.717, 1.165) is 38.9 Å². The maximum absolute atomic E-state index is 11.9. The maximum atomic E-state index is 11.9. The summed E-state index contributed by atoms with van der Waals surface area (Å²) in [6, 6.07) is 59.7. The number of aliphatic hydroxyl groups is 1. The molecular weight excluding hydrogens is 957 g/mol. The Morgan fingerprint density at radius 1 is 0.419 bits per heavy atom. The minimum atomic E-state index is -1.08. The van der Waals surface area contributed by atoms with Crippen molar-refractivity contribution in [2.75, 3.05) is 20.3 Å². The molecule has 0 amide bonds. The van der Waals surface area contributed by atoms with Crippen LogP contribution in [0.3, 0.4) is 0 Å². The van der Waals surface area contributed by atoms with Crippen LogP contribution >= 0.6 is 11.8 Å². The van der Waals surface area contributed by atoms with Crippen LogP contribution in [0.4, 0.5) is 0 Å². The Balaban J connectivity index is 0.908. The zero-order chi connectivity index (χ0) is 50.6. The van der Waals surface area contributed by atoms with Crippen molar-refractivity contribution in [3.8, 4) is 0 Å². The molecular formula is C60H64N2O11S. The molecule has 74 heavy (non-hydrogen) atoms. The van der Waals surface area contributed by atoms with Gasteiger partial charge in [0.2, 0.25) is 0 Å². The molecule has 6 aromatic carbocycles. The van der Waals surface area contributed by atoms with E-state index in [-0.39, 0.29) is 39.6 Å². The normalized spacial score (nSPS) is 23.9. The summed E-state index contributed by atoms with van der Waals surface area (Å²) in [5.41, 5.74) is 6.21. The van der Waals surface area contributed by atoms with Crippen molar-refractivity contribution in [3.05, 3.63) is 233 Å². The lowest BCUT2D eigenvalue weighted by atomic mass is 9.98. The minimum absolute atomic E-state index is 0.0687. The number of hydrogen-bond acceptors (Lipinski definition) is 14. The first-order valence-corrected chi connectivity index (χ1v) is 25.9. The monoisotopic (exact) mass is 1020 g/mol. The van der Waals surface area contributed by atoms with Crippen LogP contribution in [-0.2, 0) is 93.6 Å². The van der Waals surface area contributed by atoms with E-state index in [9.17, 15) is 5.11 Å². The minimum Gasteiger partial charge on any atom is -0.387 e. The molecule has 1 aromatic heterocycles. The van der Waals surface area contributed by atoms with Crippen LogP contribution < -0.4 is 0 Å². The number of aromatic nitrogens is 2. The molecule has 2 fully saturated rings. The lowest BCUT2D eigenvalue weighted by Crippen LogP contribution is -2.60. The molecule has 9 rings (SSSR count). The summed E-state index contributed by atoms with van der Waals surface area (Å²) in [6.45, 7) is 2.35. The third-order valence-corrected chi connectivity index (χ3v) is 13.8. The largest absolute Gasteiger partial charge is 0.387 e. The molecule has 0 unspecified atom stereocenters. The molecule has 3 heterocycles. The zero-order valence-electron chi connectivity index (χ0n) is 41.4. The highest BCUT2D eigenvalue weighted by molar-refractivity contribution is 7.99. The van der Waals surface area contributed by atoms with Crippen LogP contribution in [0.25, 0.3) is 0 Å². The van der Waals surface area contributed by atoms with Crippen LogP contribution in [0.5, 0.6) is 0 Å². The lowest BCUT2D eigenvalue weighted by molar-refractivity contribution is -0.315. The standard InChI is InChI=1S/C60H64N2O11S/c1-64-58-56(70-39-47-27-15-6-16-28-47)54(68-37-45-23-11-4-12-24-45)52(63)50(72-58)41-66-35-48-29-17-30-49(33-48)40-71-57-55(69-38-46-25-13-5-14-26-46)53(67-36-44-21-9-3-10-22-44)51(42-65-34-43-19-7-2-8-20-43)73-59(57)74-60-61-31-18-32-62-60/h2-33,50-59,63H,34-42H2,1H3/t50-,51-,52-,53-,54+,55+,56-,57+,58+,59-/m1/s1. The number of nitrogens with zero attached hydrogens (tertiary/aromatic N) is 2. The number of thioether (sulfide) groups is 1. The van der Waals surface area contributed by atoms with Gasteiger partial charge in [-0.15, -0.1) is 0 Å². The average Bonchev–Trinajstić information content (AvgIpc) is 3.45. The first-order chi connectivity index (χ1) is 36.6. The van der Waals surface area contributed by atoms with Gasteiger partial charge in [-0.3, -0.25) is 0 Å². The third-order valence-electron chi connectivity index (χ3n) is 12.7. The number of rotatable bonds is 26. The Bertz CT molecular complexity index is 2650. The molecule has 0 saturated carbocycles. The van der Waals surface area contributed by atoms with Gasteiger partial charge in [-0.2, -0.15) is 0 Å². The van der Waals surface area contributed by atoms with Crippen molar-refractivity contribution >= 4 is 11.8 Å². The van der Waals surface area contributed by atoms with Gasteiger partial charge in [0, 0.05) is 19.5 Å². The van der Waals surface area contributed by atoms with Gasteiger partial charge in [0.25, 0.3) is 0 Å². The van der Waals surface area contributed by atoms with Crippen molar-refractivity contribution < 1.29 is 52.5 Å². The van der Waals surface area contributed by atoms with E-state index in [1.165, 1.54) is 11.8 Å². The van der Waals surface area contributed by atoms with Crippen LogP contribution in [0, 0.1) is 0 Å². The smallest absolute Gasteiger partial charge is 0.190 e. The fourth-order valence-electron chi connectivity index (χ4n) is 8.94. The van der Waals surface area contributed by atoms with Crippen LogP contribution in [0.15, 0.2) is 200 Å². The summed E-state index contributed by atoms with van der Waals surface area (Å²) in [5.74, 6) is 0. The molecule has 10 atom stereocenters. The van der Waals surface area contributed by atoms with E-state index in [1.54, 1.807) is 25.6 Å². The molecule has 0 bridgehead atoms. The van der Waals surface area contributed by atoms with Crippen molar-refractivity contribution in [1.29, 1.82) is 0 Å². The molecule has 2 aliphatic heterocycles. The van der Waals surface area contributed by atoms with Gasteiger partial charge in [-0.05, 0) is 45.0 Å². The topological polar surface area (TPSA) is 138 Å². The number of ether oxygens (including phenoxy) is 10. The van der Waals surface area contributed by atoms with Gasteiger partial charge in [-0.1, -0.05) is 188 Å². The Hall–Kier alpha value is -5.69. The van der Waals surface area contributed by atoms with E-state index >= 15 is 0 Å². The van der Waals surface area contributed by atoms with E-state index < -0.39 is 60.6 Å². The molecule has 0 radical (unpaired) electrons. The number of benzene rings is 6. The number of methoxy groups -OCH3 is 1. The fourth-order valence-corrected chi connectivity index (χ4v) is 9.96. The van der Waals surface area contributed by atoms with Gasteiger partial charge < -0.3 is 52.5 Å². The summed E-state index contributed by atoms with van der Waals surface area (Å²) in [5, 5.41) is 12.4. The summed E-state index contributed by atoms with van der Waals surface area (Å²) in [4.78, 5) is 9.11. The van der Waals surface area contributed by atoms with Crippen molar-refractivity contribution in [3.63, 3.8) is 0 Å². The van der Waals surface area contributed by atoms with Gasteiger partial charge >= 0.3 is 0 Å². The van der Waals surface area contributed by atoms with Gasteiger partial charge in [0.05, 0.1) is 59.5 Å². The molecule has 2 saturated heterocycles. The van der Waals surface area contributed by atoms with E-state index in [0.29, 0.717) is 25.0 Å². The van der Waals surface area contributed by atoms with Crippen molar-refractivity contribution in [2.24, 2.45) is 0 Å². The summed E-state index contributed by atoms with van der Waals surface area (Å²) in [6.07, 6.45) is -3.15. The highest BCUT2D eigenvalue weighted by atomic mass is 32.2. The number of hydrogen-bond donors (Lipinski definition) is 1. The van der Waals surface area contributed by atoms with Gasteiger partial charge in [0.1, 0.15) is 54.3 Å². The predicted molar refractivity (Wildman–Crippen MR) is 279 cm³/mol. The molecule has 13 nitrogen and oxygen atoms in total. The molecule has 14 heteroatoms. The molecule has 7 aromatic rings. The quantitative estimate of drug-likeness (QED) is 0.0515. The maximum Gasteiger partial charge on any atom is 0.190 e. The van der Waals surface area contributed by atoms with Crippen molar-refractivity contribution in [2.45, 2.75) is 112 Å².